The van der Waals surface area contributed by atoms with E-state index in [9.17, 15) is 9.59 Å². The van der Waals surface area contributed by atoms with Crippen LogP contribution in [0.2, 0.25) is 0 Å². The summed E-state index contributed by atoms with van der Waals surface area (Å²) in [4.78, 5) is 30.2. The molecule has 1 unspecified atom stereocenters. The summed E-state index contributed by atoms with van der Waals surface area (Å²) < 4.78 is 0. The molecule has 3 N–H and O–H groups in total. The Kier molecular flexibility index (Phi) is 7.09. The summed E-state index contributed by atoms with van der Waals surface area (Å²) in [5.41, 5.74) is 2.50. The first-order valence-corrected chi connectivity index (χ1v) is 9.02. The van der Waals surface area contributed by atoms with Crippen molar-refractivity contribution in [2.45, 2.75) is 33.2 Å². The molecule has 0 spiro atoms. The summed E-state index contributed by atoms with van der Waals surface area (Å²) in [6.45, 7) is 4.40. The first-order chi connectivity index (χ1) is 12.0. The van der Waals surface area contributed by atoms with Crippen LogP contribution >= 0.6 is 11.3 Å². The number of thiophene rings is 1. The predicted molar refractivity (Wildman–Crippen MR) is 96.9 cm³/mol. The van der Waals surface area contributed by atoms with Gasteiger partial charge in [-0.2, -0.15) is 0 Å². The number of carbonyl (C=O) groups is 2. The average Bonchev–Trinajstić information content (AvgIpc) is 3.08. The minimum absolute atomic E-state index is 0.0237. The zero-order valence-electron chi connectivity index (χ0n) is 14.4. The molecule has 7 heteroatoms. The molecule has 0 aliphatic carbocycles. The molecular weight excluding hydrogens is 338 g/mol. The van der Waals surface area contributed by atoms with Gasteiger partial charge in [-0.15, -0.1) is 11.3 Å². The van der Waals surface area contributed by atoms with Crippen molar-refractivity contribution in [2.75, 3.05) is 0 Å². The highest BCUT2D eigenvalue weighted by molar-refractivity contribution is 7.15. The largest absolute Gasteiger partial charge is 0.351 e. The fourth-order valence-corrected chi connectivity index (χ4v) is 3.48. The highest BCUT2D eigenvalue weighted by Crippen LogP contribution is 2.26. The lowest BCUT2D eigenvalue weighted by Gasteiger charge is -2.17. The number of hydroxylamine groups is 1. The second kappa shape index (κ2) is 9.29. The first-order valence-electron chi connectivity index (χ1n) is 8.20. The molecule has 0 fully saturated rings. The van der Waals surface area contributed by atoms with Crippen molar-refractivity contribution in [1.29, 1.82) is 0 Å². The van der Waals surface area contributed by atoms with Crippen LogP contribution in [-0.2, 0) is 16.1 Å². The molecule has 2 heterocycles. The molecule has 2 rings (SSSR count). The standard InChI is InChI=1S/C18H23N3O3S/c1-12(2)9-13(10-17(22)21-24)18(23)20-11-14-6-7-16(25-14)15-5-3-4-8-19-15/h3-8,12-13,24H,9-11H2,1-2H3,(H,20,23)(H,21,22). The second-order valence-electron chi connectivity index (χ2n) is 6.26. The first kappa shape index (κ1) is 19.1. The zero-order chi connectivity index (χ0) is 18.2. The van der Waals surface area contributed by atoms with Gasteiger partial charge in [0.05, 0.1) is 17.1 Å². The van der Waals surface area contributed by atoms with Crippen LogP contribution in [0.1, 0.15) is 31.6 Å². The van der Waals surface area contributed by atoms with Crippen molar-refractivity contribution in [1.82, 2.24) is 15.8 Å². The SMILES string of the molecule is CC(C)CC(CC(=O)NO)C(=O)NCc1ccc(-c2ccccn2)s1. The second-order valence-corrected chi connectivity index (χ2v) is 7.43. The average molecular weight is 361 g/mol. The number of nitrogens with one attached hydrogen (secondary N) is 2. The van der Waals surface area contributed by atoms with Gasteiger partial charge >= 0.3 is 0 Å². The molecule has 2 aromatic rings. The third kappa shape index (κ3) is 5.95. The molecular formula is C18H23N3O3S. The molecule has 6 nitrogen and oxygen atoms in total. The number of rotatable bonds is 8. The van der Waals surface area contributed by atoms with E-state index in [-0.39, 0.29) is 18.2 Å². The van der Waals surface area contributed by atoms with Crippen LogP contribution in [0.3, 0.4) is 0 Å². The smallest absolute Gasteiger partial charge is 0.244 e. The molecule has 0 saturated carbocycles. The maximum atomic E-state index is 12.4. The Bertz CT molecular complexity index is 701. The third-order valence-corrected chi connectivity index (χ3v) is 4.81. The van der Waals surface area contributed by atoms with Gasteiger partial charge in [-0.3, -0.25) is 19.8 Å². The summed E-state index contributed by atoms with van der Waals surface area (Å²) in [6.07, 6.45) is 2.31. The summed E-state index contributed by atoms with van der Waals surface area (Å²) in [5.74, 6) is -0.901. The van der Waals surface area contributed by atoms with Crippen LogP contribution < -0.4 is 10.8 Å². The third-order valence-electron chi connectivity index (χ3n) is 3.70. The van der Waals surface area contributed by atoms with Crippen LogP contribution in [0.15, 0.2) is 36.5 Å². The molecule has 0 radical (unpaired) electrons. The number of carbonyl (C=O) groups excluding carboxylic acids is 2. The van der Waals surface area contributed by atoms with Crippen molar-refractivity contribution >= 4 is 23.2 Å². The molecule has 0 aromatic carbocycles. The predicted octanol–water partition coefficient (Wildman–Crippen LogP) is 2.98. The van der Waals surface area contributed by atoms with Gasteiger partial charge in [0.1, 0.15) is 0 Å². The van der Waals surface area contributed by atoms with Gasteiger partial charge in [0, 0.05) is 23.4 Å². The number of pyridine rings is 1. The topological polar surface area (TPSA) is 91.3 Å². The normalized spacial score (nSPS) is 12.0. The Morgan fingerprint density at radius 1 is 1.24 bits per heavy atom. The molecule has 134 valence electrons. The molecule has 2 aromatic heterocycles. The van der Waals surface area contributed by atoms with Crippen LogP contribution in [0.4, 0.5) is 0 Å². The summed E-state index contributed by atoms with van der Waals surface area (Å²) in [5, 5.41) is 11.6. The van der Waals surface area contributed by atoms with Gasteiger partial charge in [0.2, 0.25) is 11.8 Å². The van der Waals surface area contributed by atoms with E-state index in [1.807, 2.05) is 44.2 Å². The van der Waals surface area contributed by atoms with Crippen LogP contribution in [0, 0.1) is 11.8 Å². The Balaban J connectivity index is 1.95. The number of hydrogen-bond donors (Lipinski definition) is 3. The van der Waals surface area contributed by atoms with Gasteiger partial charge in [0.25, 0.3) is 0 Å². The van der Waals surface area contributed by atoms with Crippen LogP contribution in [0.25, 0.3) is 10.6 Å². The van der Waals surface area contributed by atoms with Crippen LogP contribution in [0.5, 0.6) is 0 Å². The fourth-order valence-electron chi connectivity index (χ4n) is 2.56. The lowest BCUT2D eigenvalue weighted by molar-refractivity contribution is -0.135. The van der Waals surface area contributed by atoms with Gasteiger partial charge in [-0.1, -0.05) is 19.9 Å². The molecule has 2 amide bonds. The quantitative estimate of drug-likeness (QED) is 0.498. The van der Waals surface area contributed by atoms with Crippen LogP contribution in [-0.4, -0.2) is 22.0 Å². The summed E-state index contributed by atoms with van der Waals surface area (Å²) in [6, 6.07) is 9.70. The monoisotopic (exact) mass is 361 g/mol. The highest BCUT2D eigenvalue weighted by Gasteiger charge is 2.22. The molecule has 1 atom stereocenters. The van der Waals surface area contributed by atoms with E-state index in [1.54, 1.807) is 23.0 Å². The van der Waals surface area contributed by atoms with E-state index in [4.69, 9.17) is 5.21 Å². The lowest BCUT2D eigenvalue weighted by atomic mass is 9.93. The van der Waals surface area contributed by atoms with E-state index in [0.717, 1.165) is 15.4 Å². The zero-order valence-corrected chi connectivity index (χ0v) is 15.2. The minimum Gasteiger partial charge on any atom is -0.351 e. The Morgan fingerprint density at radius 2 is 2.04 bits per heavy atom. The van der Waals surface area contributed by atoms with E-state index in [0.29, 0.717) is 13.0 Å². The maximum absolute atomic E-state index is 12.4. The van der Waals surface area contributed by atoms with E-state index >= 15 is 0 Å². The number of nitrogens with zero attached hydrogens (tertiary/aromatic N) is 1. The Morgan fingerprint density at radius 3 is 2.68 bits per heavy atom. The van der Waals surface area contributed by atoms with Crippen molar-refractivity contribution in [3.05, 3.63) is 41.4 Å². The Labute approximate surface area is 151 Å². The van der Waals surface area contributed by atoms with Gasteiger partial charge in [-0.25, -0.2) is 5.48 Å². The lowest BCUT2D eigenvalue weighted by Crippen LogP contribution is -2.34. The van der Waals surface area contributed by atoms with Crippen molar-refractivity contribution < 1.29 is 14.8 Å². The van der Waals surface area contributed by atoms with E-state index < -0.39 is 11.8 Å². The van der Waals surface area contributed by atoms with Gasteiger partial charge in [-0.05, 0) is 36.6 Å². The van der Waals surface area contributed by atoms with E-state index in [2.05, 4.69) is 10.3 Å². The Hall–Kier alpha value is -2.25. The maximum Gasteiger partial charge on any atom is 0.244 e. The van der Waals surface area contributed by atoms with Crippen molar-refractivity contribution in [2.24, 2.45) is 11.8 Å². The molecule has 0 saturated heterocycles. The number of hydrogen-bond acceptors (Lipinski definition) is 5. The number of aromatic nitrogens is 1. The van der Waals surface area contributed by atoms with Gasteiger partial charge < -0.3 is 5.32 Å². The molecule has 0 aliphatic rings. The molecule has 0 bridgehead atoms. The molecule has 0 aliphatic heterocycles. The fraction of sp³-hybridized carbons (Fsp3) is 0.389. The minimum atomic E-state index is -0.547. The molecule has 25 heavy (non-hydrogen) atoms. The summed E-state index contributed by atoms with van der Waals surface area (Å²) in [7, 11) is 0. The van der Waals surface area contributed by atoms with Crippen molar-refractivity contribution in [3.8, 4) is 10.6 Å². The highest BCUT2D eigenvalue weighted by atomic mass is 32.1. The van der Waals surface area contributed by atoms with Gasteiger partial charge in [0.15, 0.2) is 0 Å². The summed E-state index contributed by atoms with van der Waals surface area (Å²) >= 11 is 1.58. The van der Waals surface area contributed by atoms with E-state index in [1.165, 1.54) is 0 Å². The van der Waals surface area contributed by atoms with Crippen molar-refractivity contribution in [3.63, 3.8) is 0 Å². The number of amides is 2.